The van der Waals surface area contributed by atoms with Crippen LogP contribution in [0.5, 0.6) is 11.5 Å². The number of halogens is 1. The number of thioether (sulfide) groups is 1. The molecule has 0 spiro atoms. The van der Waals surface area contributed by atoms with Crippen molar-refractivity contribution in [2.45, 2.75) is 5.16 Å². The van der Waals surface area contributed by atoms with Crippen LogP contribution in [0.3, 0.4) is 0 Å². The van der Waals surface area contributed by atoms with Crippen molar-refractivity contribution in [3.05, 3.63) is 83.3 Å². The largest absolute Gasteiger partial charge is 0.457 e. The van der Waals surface area contributed by atoms with E-state index in [9.17, 15) is 4.79 Å². The molecule has 31 heavy (non-hydrogen) atoms. The van der Waals surface area contributed by atoms with E-state index in [1.807, 2.05) is 54.6 Å². The standard InChI is InChI=1S/C22H18BrN5O2S/c23-19-9-5-4-8-18(19)21-26-27-22(28(21)24)31-14-20(29)25-15-10-12-17(13-11-15)30-16-6-2-1-3-7-16/h1-13H,14,24H2,(H,25,29). The summed E-state index contributed by atoms with van der Waals surface area (Å²) in [5, 5.41) is 11.5. The predicted octanol–water partition coefficient (Wildman–Crippen LogP) is 4.94. The fourth-order valence-corrected chi connectivity index (χ4v) is 3.88. The predicted molar refractivity (Wildman–Crippen MR) is 126 cm³/mol. The Kier molecular flexibility index (Phi) is 6.54. The number of nitrogens with one attached hydrogen (secondary N) is 1. The maximum Gasteiger partial charge on any atom is 0.234 e. The van der Waals surface area contributed by atoms with Crippen molar-refractivity contribution in [3.63, 3.8) is 0 Å². The van der Waals surface area contributed by atoms with Crippen molar-refractivity contribution in [1.82, 2.24) is 14.9 Å². The van der Waals surface area contributed by atoms with Crippen LogP contribution < -0.4 is 15.9 Å². The molecule has 0 aliphatic rings. The van der Waals surface area contributed by atoms with Crippen LogP contribution in [0.1, 0.15) is 0 Å². The minimum absolute atomic E-state index is 0.146. The molecule has 0 bridgehead atoms. The van der Waals surface area contributed by atoms with Crippen molar-refractivity contribution in [1.29, 1.82) is 0 Å². The van der Waals surface area contributed by atoms with Gasteiger partial charge in [0.05, 0.1) is 5.75 Å². The second kappa shape index (κ2) is 9.67. The Balaban J connectivity index is 1.33. The van der Waals surface area contributed by atoms with Crippen molar-refractivity contribution in [2.75, 3.05) is 16.9 Å². The number of anilines is 1. The van der Waals surface area contributed by atoms with Gasteiger partial charge in [0.1, 0.15) is 11.5 Å². The van der Waals surface area contributed by atoms with E-state index in [4.69, 9.17) is 10.6 Å². The number of benzene rings is 3. The van der Waals surface area contributed by atoms with E-state index >= 15 is 0 Å². The zero-order valence-corrected chi connectivity index (χ0v) is 18.6. The van der Waals surface area contributed by atoms with Crippen LogP contribution in [0.15, 0.2) is 88.5 Å². The Morgan fingerprint density at radius 2 is 1.65 bits per heavy atom. The Morgan fingerprint density at radius 3 is 2.39 bits per heavy atom. The second-order valence-electron chi connectivity index (χ2n) is 6.43. The molecule has 0 radical (unpaired) electrons. The number of rotatable bonds is 7. The van der Waals surface area contributed by atoms with Crippen LogP contribution in [0, 0.1) is 0 Å². The van der Waals surface area contributed by atoms with Crippen LogP contribution in [-0.4, -0.2) is 26.5 Å². The van der Waals surface area contributed by atoms with Gasteiger partial charge in [-0.1, -0.05) is 58.0 Å². The number of carbonyl (C=O) groups excluding carboxylic acids is 1. The number of amides is 1. The quantitative estimate of drug-likeness (QED) is 0.278. The number of nitrogens with two attached hydrogens (primary N) is 1. The number of hydrogen-bond donors (Lipinski definition) is 2. The van der Waals surface area contributed by atoms with Gasteiger partial charge in [-0.15, -0.1) is 10.2 Å². The summed E-state index contributed by atoms with van der Waals surface area (Å²) in [6.07, 6.45) is 0. The van der Waals surface area contributed by atoms with Crippen molar-refractivity contribution in [3.8, 4) is 22.9 Å². The molecule has 0 fully saturated rings. The van der Waals surface area contributed by atoms with Gasteiger partial charge in [-0.25, -0.2) is 4.68 Å². The summed E-state index contributed by atoms with van der Waals surface area (Å²) in [6.45, 7) is 0. The number of nitrogen functional groups attached to an aromatic ring is 1. The molecule has 3 aromatic carbocycles. The van der Waals surface area contributed by atoms with E-state index < -0.39 is 0 Å². The fraction of sp³-hybridized carbons (Fsp3) is 0.0455. The molecular formula is C22H18BrN5O2S. The zero-order valence-electron chi connectivity index (χ0n) is 16.2. The molecule has 0 saturated heterocycles. The molecular weight excluding hydrogens is 478 g/mol. The Labute approximate surface area is 191 Å². The molecule has 4 rings (SSSR count). The molecule has 0 aliphatic heterocycles. The summed E-state index contributed by atoms with van der Waals surface area (Å²) < 4.78 is 8.00. The molecule has 156 valence electrons. The average Bonchev–Trinajstić information content (AvgIpc) is 3.15. The van der Waals surface area contributed by atoms with Gasteiger partial charge in [-0.3, -0.25) is 4.79 Å². The molecule has 1 aromatic heterocycles. The third kappa shape index (κ3) is 5.25. The third-order valence-electron chi connectivity index (χ3n) is 4.23. The van der Waals surface area contributed by atoms with Gasteiger partial charge in [-0.2, -0.15) is 0 Å². The number of nitrogens with zero attached hydrogens (tertiary/aromatic N) is 3. The lowest BCUT2D eigenvalue weighted by Crippen LogP contribution is -2.16. The topological polar surface area (TPSA) is 95.1 Å². The maximum atomic E-state index is 12.3. The highest BCUT2D eigenvalue weighted by Crippen LogP contribution is 2.28. The molecule has 4 aromatic rings. The van der Waals surface area contributed by atoms with Crippen LogP contribution in [0.4, 0.5) is 5.69 Å². The lowest BCUT2D eigenvalue weighted by atomic mass is 10.2. The highest BCUT2D eigenvalue weighted by Gasteiger charge is 2.15. The molecule has 1 amide bonds. The fourth-order valence-electron chi connectivity index (χ4n) is 2.76. The zero-order chi connectivity index (χ0) is 21.6. The molecule has 1 heterocycles. The minimum atomic E-state index is -0.174. The maximum absolute atomic E-state index is 12.3. The summed E-state index contributed by atoms with van der Waals surface area (Å²) in [7, 11) is 0. The number of hydrogen-bond acceptors (Lipinski definition) is 6. The molecule has 0 unspecified atom stereocenters. The average molecular weight is 496 g/mol. The van der Waals surface area contributed by atoms with E-state index in [0.29, 0.717) is 22.4 Å². The first-order valence-electron chi connectivity index (χ1n) is 9.31. The second-order valence-corrected chi connectivity index (χ2v) is 8.23. The number of ether oxygens (including phenoxy) is 1. The van der Waals surface area contributed by atoms with Crippen LogP contribution >= 0.6 is 27.7 Å². The van der Waals surface area contributed by atoms with Gasteiger partial charge >= 0.3 is 0 Å². The van der Waals surface area contributed by atoms with Crippen molar-refractivity contribution < 1.29 is 9.53 Å². The van der Waals surface area contributed by atoms with Crippen molar-refractivity contribution in [2.24, 2.45) is 0 Å². The van der Waals surface area contributed by atoms with Crippen molar-refractivity contribution >= 4 is 39.3 Å². The Bertz CT molecular complexity index is 1180. The Hall–Kier alpha value is -3.30. The van der Waals surface area contributed by atoms with Gasteiger partial charge in [0.2, 0.25) is 11.1 Å². The number of carbonyl (C=O) groups is 1. The SMILES string of the molecule is Nn1c(SCC(=O)Nc2ccc(Oc3ccccc3)cc2)nnc1-c1ccccc1Br. The lowest BCUT2D eigenvalue weighted by Gasteiger charge is -2.08. The molecule has 9 heteroatoms. The van der Waals surface area contributed by atoms with Crippen LogP contribution in [0.25, 0.3) is 11.4 Å². The molecule has 7 nitrogen and oxygen atoms in total. The highest BCUT2D eigenvalue weighted by molar-refractivity contribution is 9.10. The first-order valence-corrected chi connectivity index (χ1v) is 11.1. The smallest absolute Gasteiger partial charge is 0.234 e. The summed E-state index contributed by atoms with van der Waals surface area (Å²) in [5.41, 5.74) is 1.50. The van der Waals surface area contributed by atoms with Crippen LogP contribution in [-0.2, 0) is 4.79 Å². The molecule has 0 aliphatic carbocycles. The lowest BCUT2D eigenvalue weighted by molar-refractivity contribution is -0.113. The van der Waals surface area contributed by atoms with E-state index in [2.05, 4.69) is 31.4 Å². The summed E-state index contributed by atoms with van der Waals surface area (Å²) >= 11 is 4.70. The van der Waals surface area contributed by atoms with E-state index in [-0.39, 0.29) is 11.7 Å². The minimum Gasteiger partial charge on any atom is -0.457 e. The summed E-state index contributed by atoms with van der Waals surface area (Å²) in [6, 6.07) is 24.3. The summed E-state index contributed by atoms with van der Waals surface area (Å²) in [5.74, 6) is 8.06. The highest BCUT2D eigenvalue weighted by atomic mass is 79.9. The molecule has 0 atom stereocenters. The normalized spacial score (nSPS) is 10.6. The summed E-state index contributed by atoms with van der Waals surface area (Å²) in [4.78, 5) is 12.3. The van der Waals surface area contributed by atoms with Gasteiger partial charge in [0, 0.05) is 15.7 Å². The first-order chi connectivity index (χ1) is 15.1. The van der Waals surface area contributed by atoms with Gasteiger partial charge in [0.25, 0.3) is 0 Å². The van der Waals surface area contributed by atoms with Gasteiger partial charge in [-0.05, 0) is 48.5 Å². The molecule has 0 saturated carbocycles. The monoisotopic (exact) mass is 495 g/mol. The van der Waals surface area contributed by atoms with E-state index in [0.717, 1.165) is 15.8 Å². The Morgan fingerprint density at radius 1 is 0.968 bits per heavy atom. The number of aromatic nitrogens is 3. The van der Waals surface area contributed by atoms with E-state index in [1.165, 1.54) is 16.4 Å². The van der Waals surface area contributed by atoms with Crippen LogP contribution in [0.2, 0.25) is 0 Å². The van der Waals surface area contributed by atoms with Gasteiger partial charge in [0.15, 0.2) is 5.82 Å². The third-order valence-corrected chi connectivity index (χ3v) is 5.86. The number of para-hydroxylation sites is 1. The van der Waals surface area contributed by atoms with E-state index in [1.54, 1.807) is 24.3 Å². The first kappa shape index (κ1) is 21.0. The van der Waals surface area contributed by atoms with Gasteiger partial charge < -0.3 is 15.9 Å². The molecule has 3 N–H and O–H groups in total.